The van der Waals surface area contributed by atoms with Gasteiger partial charge in [-0.25, -0.2) is 9.79 Å². The van der Waals surface area contributed by atoms with E-state index in [9.17, 15) is 14.4 Å². The van der Waals surface area contributed by atoms with Gasteiger partial charge in [0, 0.05) is 22.0 Å². The molecular weight excluding hydrogens is 428 g/mol. The molecule has 3 heterocycles. The van der Waals surface area contributed by atoms with Crippen molar-refractivity contribution in [1.82, 2.24) is 4.57 Å². The Morgan fingerprint density at radius 1 is 1.17 bits per heavy atom. The predicted octanol–water partition coefficient (Wildman–Crippen LogP) is 1.47. The van der Waals surface area contributed by atoms with Gasteiger partial charge in [0.1, 0.15) is 17.9 Å². The Hall–Kier alpha value is -3.43. The molecule has 2 aliphatic rings. The zero-order valence-corrected chi connectivity index (χ0v) is 16.8. The number of carboxylic acid groups (broad SMARTS) is 1. The Balaban J connectivity index is 1.59. The Labute approximate surface area is 178 Å². The quantitative estimate of drug-likeness (QED) is 0.628. The summed E-state index contributed by atoms with van der Waals surface area (Å²) in [6.45, 7) is 0.563. The maximum absolute atomic E-state index is 13.1. The lowest BCUT2D eigenvalue weighted by Crippen LogP contribution is -2.43. The van der Waals surface area contributed by atoms with Crippen LogP contribution in [0.5, 0.6) is 0 Å². The molecule has 0 bridgehead atoms. The van der Waals surface area contributed by atoms with Crippen LogP contribution in [-0.2, 0) is 11.5 Å². The number of hydrogen-bond donors (Lipinski definition) is 2. The second kappa shape index (κ2) is 6.82. The van der Waals surface area contributed by atoms with Gasteiger partial charge in [-0.1, -0.05) is 22.9 Å². The molecule has 0 atom stereocenters. The molecule has 0 spiro atoms. The van der Waals surface area contributed by atoms with Crippen LogP contribution in [0.25, 0.3) is 5.57 Å². The maximum Gasteiger partial charge on any atom is 0.335 e. The van der Waals surface area contributed by atoms with Crippen molar-refractivity contribution in [2.75, 3.05) is 16.9 Å². The van der Waals surface area contributed by atoms with E-state index in [0.29, 0.717) is 37.8 Å². The third-order valence-corrected chi connectivity index (χ3v) is 6.34. The van der Waals surface area contributed by atoms with E-state index in [1.165, 1.54) is 28.0 Å². The summed E-state index contributed by atoms with van der Waals surface area (Å²) in [5.74, 6) is -1.34. The fraction of sp³-hybridized carbons (Fsp3) is 0.100. The van der Waals surface area contributed by atoms with Crippen LogP contribution in [0.2, 0.25) is 5.02 Å². The molecule has 2 aromatic carbocycles. The molecule has 0 aliphatic carbocycles. The summed E-state index contributed by atoms with van der Waals surface area (Å²) in [5, 5.41) is 12.3. The van der Waals surface area contributed by atoms with Crippen LogP contribution in [0.1, 0.15) is 15.9 Å². The van der Waals surface area contributed by atoms with Crippen molar-refractivity contribution in [3.63, 3.8) is 0 Å². The summed E-state index contributed by atoms with van der Waals surface area (Å²) in [5.41, 5.74) is 2.15. The number of carbonyl (C=O) groups is 2. The fourth-order valence-electron chi connectivity index (χ4n) is 3.50. The fourth-order valence-corrected chi connectivity index (χ4v) is 4.73. The Morgan fingerprint density at radius 2 is 1.93 bits per heavy atom. The van der Waals surface area contributed by atoms with E-state index in [1.807, 2.05) is 4.90 Å². The van der Waals surface area contributed by atoms with E-state index in [4.69, 9.17) is 16.7 Å². The molecule has 10 heteroatoms. The highest BCUT2D eigenvalue weighted by Crippen LogP contribution is 2.32. The average Bonchev–Trinajstić information content (AvgIpc) is 3.23. The first-order valence-electron chi connectivity index (χ1n) is 8.90. The smallest absolute Gasteiger partial charge is 0.335 e. The van der Waals surface area contributed by atoms with Crippen LogP contribution in [-0.4, -0.2) is 28.2 Å². The second-order valence-electron chi connectivity index (χ2n) is 6.80. The third-order valence-electron chi connectivity index (χ3n) is 4.99. The molecule has 0 saturated carbocycles. The lowest BCUT2D eigenvalue weighted by molar-refractivity contribution is -0.110. The molecular formula is C20H13ClN4O4S. The molecule has 0 radical (unpaired) electrons. The van der Waals surface area contributed by atoms with Crippen molar-refractivity contribution in [2.45, 2.75) is 6.67 Å². The van der Waals surface area contributed by atoms with Gasteiger partial charge < -0.3 is 15.3 Å². The number of aromatic carboxylic acids is 1. The highest BCUT2D eigenvalue weighted by molar-refractivity contribution is 7.07. The van der Waals surface area contributed by atoms with Crippen LogP contribution in [0.4, 0.5) is 11.4 Å². The predicted molar refractivity (Wildman–Crippen MR) is 113 cm³/mol. The molecule has 2 N–H and O–H groups in total. The number of amides is 1. The highest BCUT2D eigenvalue weighted by atomic mass is 35.5. The zero-order chi connectivity index (χ0) is 21.0. The first kappa shape index (κ1) is 18.6. The monoisotopic (exact) mass is 440 g/mol. The average molecular weight is 441 g/mol. The largest absolute Gasteiger partial charge is 0.478 e. The summed E-state index contributed by atoms with van der Waals surface area (Å²) in [6.07, 6.45) is 0. The third kappa shape index (κ3) is 2.90. The van der Waals surface area contributed by atoms with Crippen LogP contribution < -0.4 is 25.1 Å². The van der Waals surface area contributed by atoms with Crippen molar-refractivity contribution >= 4 is 51.8 Å². The number of hydrogen-bond acceptors (Lipinski definition) is 6. The summed E-state index contributed by atoms with van der Waals surface area (Å²) in [7, 11) is 0. The lowest BCUT2D eigenvalue weighted by Gasteiger charge is -2.25. The number of rotatable bonds is 2. The van der Waals surface area contributed by atoms with E-state index < -0.39 is 5.97 Å². The number of carboxylic acids is 1. The number of benzene rings is 2. The highest BCUT2D eigenvalue weighted by Gasteiger charge is 2.28. The second-order valence-corrected chi connectivity index (χ2v) is 8.21. The van der Waals surface area contributed by atoms with Crippen LogP contribution in [0.15, 0.2) is 52.3 Å². The van der Waals surface area contributed by atoms with E-state index >= 15 is 0 Å². The van der Waals surface area contributed by atoms with Gasteiger partial charge in [-0.15, -0.1) is 0 Å². The number of nitrogens with one attached hydrogen (secondary N) is 1. The molecule has 5 rings (SSSR count). The van der Waals surface area contributed by atoms with Crippen molar-refractivity contribution in [1.29, 1.82) is 0 Å². The molecule has 0 saturated heterocycles. The van der Waals surface area contributed by atoms with Gasteiger partial charge in [0.25, 0.3) is 11.5 Å². The molecule has 1 amide bonds. The first-order valence-corrected chi connectivity index (χ1v) is 10.1. The van der Waals surface area contributed by atoms with Gasteiger partial charge in [0.15, 0.2) is 4.80 Å². The molecule has 0 fully saturated rings. The van der Waals surface area contributed by atoms with Crippen molar-refractivity contribution < 1.29 is 14.7 Å². The molecule has 1 aromatic heterocycles. The number of halogens is 1. The normalized spacial score (nSPS) is 16.6. The molecule has 30 heavy (non-hydrogen) atoms. The maximum atomic E-state index is 13.1. The Morgan fingerprint density at radius 3 is 2.67 bits per heavy atom. The number of aromatic nitrogens is 1. The molecule has 3 aromatic rings. The van der Waals surface area contributed by atoms with Gasteiger partial charge in [-0.3, -0.25) is 14.2 Å². The summed E-state index contributed by atoms with van der Waals surface area (Å²) in [6, 6.07) is 11.4. The molecule has 2 aliphatic heterocycles. The Kier molecular flexibility index (Phi) is 4.23. The van der Waals surface area contributed by atoms with Crippen LogP contribution in [0, 0.1) is 0 Å². The van der Waals surface area contributed by atoms with Gasteiger partial charge in [0.2, 0.25) is 0 Å². The van der Waals surface area contributed by atoms with Crippen LogP contribution in [0.3, 0.4) is 0 Å². The first-order chi connectivity index (χ1) is 14.4. The van der Waals surface area contributed by atoms with Crippen molar-refractivity contribution in [3.05, 3.63) is 78.3 Å². The van der Waals surface area contributed by atoms with Crippen molar-refractivity contribution in [2.24, 2.45) is 4.99 Å². The van der Waals surface area contributed by atoms with E-state index in [-0.39, 0.29) is 23.7 Å². The SMILES string of the molecule is O=C1Nc2ccc(Cl)cc2/C1=c1/sc2n(c1=O)CN(c1ccc(C(=O)O)cc1)CN=2. The number of nitrogens with zero attached hydrogens (tertiary/aromatic N) is 3. The minimum Gasteiger partial charge on any atom is -0.478 e. The Bertz CT molecular complexity index is 1410. The van der Waals surface area contributed by atoms with E-state index in [1.54, 1.807) is 30.3 Å². The summed E-state index contributed by atoms with van der Waals surface area (Å²) >= 11 is 7.26. The molecule has 150 valence electrons. The number of anilines is 2. The van der Waals surface area contributed by atoms with Crippen molar-refractivity contribution in [3.8, 4) is 0 Å². The zero-order valence-electron chi connectivity index (χ0n) is 15.3. The van der Waals surface area contributed by atoms with Gasteiger partial charge in [0.05, 0.1) is 11.1 Å². The number of thiazole rings is 1. The van der Waals surface area contributed by atoms with Gasteiger partial charge in [-0.2, -0.15) is 0 Å². The number of carbonyl (C=O) groups excluding carboxylic acids is 1. The molecule has 8 nitrogen and oxygen atoms in total. The minimum atomic E-state index is -1.00. The lowest BCUT2D eigenvalue weighted by atomic mass is 10.1. The summed E-state index contributed by atoms with van der Waals surface area (Å²) < 4.78 is 1.83. The minimum absolute atomic E-state index is 0.185. The topological polar surface area (TPSA) is 104 Å². The number of fused-ring (bicyclic) bond motifs is 2. The standard InChI is InChI=1S/C20H13ClN4O4S/c21-11-3-6-14-13(7-11)15(17(26)23-14)16-18(27)25-9-24(8-22-20(25)30-16)12-4-1-10(2-5-12)19(28)29/h1-7H,8-9H2,(H,23,26)(H,28,29)/b16-15-. The van der Waals surface area contributed by atoms with E-state index in [0.717, 1.165) is 5.69 Å². The van der Waals surface area contributed by atoms with Crippen LogP contribution >= 0.6 is 22.9 Å². The molecule has 0 unspecified atom stereocenters. The van der Waals surface area contributed by atoms with E-state index in [2.05, 4.69) is 10.3 Å². The van der Waals surface area contributed by atoms with Gasteiger partial charge >= 0.3 is 5.97 Å². The summed E-state index contributed by atoms with van der Waals surface area (Å²) in [4.78, 5) is 43.6. The van der Waals surface area contributed by atoms with Gasteiger partial charge in [-0.05, 0) is 42.5 Å².